The highest BCUT2D eigenvalue weighted by Crippen LogP contribution is 2.29. The molecule has 1 heterocycles. The lowest BCUT2D eigenvalue weighted by molar-refractivity contribution is 0.446. The van der Waals surface area contributed by atoms with E-state index in [1.165, 1.54) is 0 Å². The van der Waals surface area contributed by atoms with Crippen LogP contribution in [0.3, 0.4) is 0 Å². The molecule has 0 saturated heterocycles. The molecule has 0 aliphatic rings. The molecule has 102 valence electrons. The van der Waals surface area contributed by atoms with E-state index in [-0.39, 0.29) is 0 Å². The second-order valence-electron chi connectivity index (χ2n) is 6.58. The molecule has 0 amide bonds. The standard InChI is InChI=1S/C16H23NOSi/c1-12(2)16-17-15(13-9-7-6-8-10-13)14(18-16)11-19(3,4)5/h6-10,12H,11H2,1-5H3. The number of hydrogen-bond acceptors (Lipinski definition) is 2. The minimum atomic E-state index is -1.22. The van der Waals surface area contributed by atoms with Gasteiger partial charge in [0.1, 0.15) is 11.5 Å². The molecule has 0 fully saturated rings. The fourth-order valence-electron chi connectivity index (χ4n) is 2.04. The Kier molecular flexibility index (Phi) is 3.95. The minimum Gasteiger partial charge on any atom is -0.445 e. The van der Waals surface area contributed by atoms with E-state index >= 15 is 0 Å². The van der Waals surface area contributed by atoms with Gasteiger partial charge in [-0.05, 0) is 0 Å². The highest BCUT2D eigenvalue weighted by molar-refractivity contribution is 6.75. The summed E-state index contributed by atoms with van der Waals surface area (Å²) < 4.78 is 6.03. The Hall–Kier alpha value is -1.35. The van der Waals surface area contributed by atoms with Gasteiger partial charge in [-0.2, -0.15) is 0 Å². The molecular weight excluding hydrogens is 250 g/mol. The zero-order chi connectivity index (χ0) is 14.0. The van der Waals surface area contributed by atoms with E-state index in [0.29, 0.717) is 5.92 Å². The van der Waals surface area contributed by atoms with E-state index in [4.69, 9.17) is 9.40 Å². The van der Waals surface area contributed by atoms with Crippen LogP contribution in [-0.4, -0.2) is 13.1 Å². The molecule has 0 spiro atoms. The van der Waals surface area contributed by atoms with Crippen LogP contribution < -0.4 is 0 Å². The molecule has 1 aromatic carbocycles. The first-order valence-corrected chi connectivity index (χ1v) is 10.6. The maximum Gasteiger partial charge on any atom is 0.197 e. The average molecular weight is 273 g/mol. The Morgan fingerprint density at radius 1 is 1.11 bits per heavy atom. The predicted octanol–water partition coefficient (Wildman–Crippen LogP) is 4.88. The lowest BCUT2D eigenvalue weighted by Gasteiger charge is -2.14. The van der Waals surface area contributed by atoms with Gasteiger partial charge in [-0.25, -0.2) is 4.98 Å². The summed E-state index contributed by atoms with van der Waals surface area (Å²) in [7, 11) is -1.22. The van der Waals surface area contributed by atoms with Crippen LogP contribution in [0.5, 0.6) is 0 Å². The topological polar surface area (TPSA) is 26.0 Å². The first kappa shape index (κ1) is 14.1. The molecule has 1 aromatic heterocycles. The lowest BCUT2D eigenvalue weighted by atomic mass is 10.1. The van der Waals surface area contributed by atoms with Gasteiger partial charge in [0.25, 0.3) is 0 Å². The van der Waals surface area contributed by atoms with Crippen molar-refractivity contribution < 1.29 is 4.42 Å². The fraction of sp³-hybridized carbons (Fsp3) is 0.438. The zero-order valence-corrected chi connectivity index (χ0v) is 13.5. The van der Waals surface area contributed by atoms with Gasteiger partial charge < -0.3 is 4.42 Å². The Bertz CT molecular complexity index is 538. The molecule has 0 N–H and O–H groups in total. The maximum atomic E-state index is 6.03. The Balaban J connectivity index is 2.46. The Morgan fingerprint density at radius 2 is 1.74 bits per heavy atom. The summed E-state index contributed by atoms with van der Waals surface area (Å²) in [5, 5.41) is 0. The lowest BCUT2D eigenvalue weighted by Crippen LogP contribution is -2.23. The van der Waals surface area contributed by atoms with E-state index in [0.717, 1.165) is 29.0 Å². The number of rotatable bonds is 4. The minimum absolute atomic E-state index is 0.331. The number of benzene rings is 1. The van der Waals surface area contributed by atoms with Crippen LogP contribution in [0.4, 0.5) is 0 Å². The number of aromatic nitrogens is 1. The largest absolute Gasteiger partial charge is 0.445 e. The SMILES string of the molecule is CC(C)c1nc(-c2ccccc2)c(C[Si](C)(C)C)o1. The van der Waals surface area contributed by atoms with Crippen molar-refractivity contribution in [2.75, 3.05) is 0 Å². The molecule has 0 bridgehead atoms. The van der Waals surface area contributed by atoms with E-state index < -0.39 is 8.07 Å². The molecule has 2 nitrogen and oxygen atoms in total. The highest BCUT2D eigenvalue weighted by atomic mass is 28.3. The summed E-state index contributed by atoms with van der Waals surface area (Å²) >= 11 is 0. The van der Waals surface area contributed by atoms with E-state index in [1.807, 2.05) is 6.07 Å². The Morgan fingerprint density at radius 3 is 2.26 bits per heavy atom. The van der Waals surface area contributed by atoms with Crippen molar-refractivity contribution in [2.24, 2.45) is 0 Å². The summed E-state index contributed by atoms with van der Waals surface area (Å²) in [6.45, 7) is 11.3. The van der Waals surface area contributed by atoms with Gasteiger partial charge in [-0.15, -0.1) is 0 Å². The highest BCUT2D eigenvalue weighted by Gasteiger charge is 2.23. The second-order valence-corrected chi connectivity index (χ2v) is 12.1. The number of oxazole rings is 1. The van der Waals surface area contributed by atoms with Gasteiger partial charge in [0.15, 0.2) is 5.89 Å². The summed E-state index contributed by atoms with van der Waals surface area (Å²) in [6.07, 6.45) is 0. The van der Waals surface area contributed by atoms with Crippen LogP contribution in [0.1, 0.15) is 31.4 Å². The third-order valence-corrected chi connectivity index (χ3v) is 4.33. The Labute approximate surface area is 116 Å². The van der Waals surface area contributed by atoms with Crippen molar-refractivity contribution >= 4 is 8.07 Å². The summed E-state index contributed by atoms with van der Waals surface area (Å²) in [5.41, 5.74) is 2.19. The van der Waals surface area contributed by atoms with Crippen LogP contribution in [0.25, 0.3) is 11.3 Å². The predicted molar refractivity (Wildman–Crippen MR) is 83.1 cm³/mol. The van der Waals surface area contributed by atoms with Crippen LogP contribution >= 0.6 is 0 Å². The van der Waals surface area contributed by atoms with Crippen LogP contribution in [0, 0.1) is 0 Å². The first-order valence-electron chi connectivity index (χ1n) is 6.92. The maximum absolute atomic E-state index is 6.03. The van der Waals surface area contributed by atoms with Crippen molar-refractivity contribution in [3.63, 3.8) is 0 Å². The number of nitrogens with zero attached hydrogens (tertiary/aromatic N) is 1. The zero-order valence-electron chi connectivity index (χ0n) is 12.5. The van der Waals surface area contributed by atoms with Crippen LogP contribution in [-0.2, 0) is 6.04 Å². The van der Waals surface area contributed by atoms with Crippen molar-refractivity contribution in [1.29, 1.82) is 0 Å². The summed E-state index contributed by atoms with van der Waals surface area (Å²) in [5.74, 6) is 2.25. The van der Waals surface area contributed by atoms with Gasteiger partial charge in [-0.3, -0.25) is 0 Å². The van der Waals surface area contributed by atoms with E-state index in [2.05, 4.69) is 57.8 Å². The second kappa shape index (κ2) is 5.33. The van der Waals surface area contributed by atoms with Gasteiger partial charge in [0.2, 0.25) is 0 Å². The van der Waals surface area contributed by atoms with E-state index in [9.17, 15) is 0 Å². The smallest absolute Gasteiger partial charge is 0.197 e. The molecule has 0 saturated carbocycles. The third kappa shape index (κ3) is 3.57. The van der Waals surface area contributed by atoms with Crippen molar-refractivity contribution in [1.82, 2.24) is 4.98 Å². The average Bonchev–Trinajstić information content (AvgIpc) is 2.72. The monoisotopic (exact) mass is 273 g/mol. The summed E-state index contributed by atoms with van der Waals surface area (Å²) in [6, 6.07) is 11.4. The molecule has 2 aromatic rings. The van der Waals surface area contributed by atoms with Crippen LogP contribution in [0.2, 0.25) is 19.6 Å². The molecule has 0 atom stereocenters. The molecule has 0 unspecified atom stereocenters. The van der Waals surface area contributed by atoms with Gasteiger partial charge in [0, 0.05) is 17.5 Å². The van der Waals surface area contributed by atoms with Gasteiger partial charge in [0.05, 0.1) is 8.07 Å². The van der Waals surface area contributed by atoms with Crippen LogP contribution in [0.15, 0.2) is 34.7 Å². The quantitative estimate of drug-likeness (QED) is 0.742. The van der Waals surface area contributed by atoms with Gasteiger partial charge >= 0.3 is 0 Å². The van der Waals surface area contributed by atoms with E-state index in [1.54, 1.807) is 0 Å². The fourth-order valence-corrected chi connectivity index (χ4v) is 3.24. The van der Waals surface area contributed by atoms with Gasteiger partial charge in [-0.1, -0.05) is 63.8 Å². The molecular formula is C16H23NOSi. The molecule has 2 rings (SSSR count). The molecule has 0 aliphatic carbocycles. The van der Waals surface area contributed by atoms with Crippen molar-refractivity contribution in [3.05, 3.63) is 42.0 Å². The van der Waals surface area contributed by atoms with Crippen molar-refractivity contribution in [3.8, 4) is 11.3 Å². The molecule has 0 radical (unpaired) electrons. The molecule has 19 heavy (non-hydrogen) atoms. The third-order valence-electron chi connectivity index (χ3n) is 2.95. The van der Waals surface area contributed by atoms with Crippen molar-refractivity contribution in [2.45, 2.75) is 45.5 Å². The number of hydrogen-bond donors (Lipinski definition) is 0. The normalized spacial score (nSPS) is 12.1. The molecule has 3 heteroatoms. The summed E-state index contributed by atoms with van der Waals surface area (Å²) in [4.78, 5) is 4.72. The first-order chi connectivity index (χ1) is 8.87. The molecule has 0 aliphatic heterocycles.